The van der Waals surface area contributed by atoms with Gasteiger partial charge in [0.05, 0.1) is 18.7 Å². The molecule has 1 aromatic carbocycles. The summed E-state index contributed by atoms with van der Waals surface area (Å²) in [5, 5.41) is 2.77. The second kappa shape index (κ2) is 6.62. The van der Waals surface area contributed by atoms with Crippen LogP contribution in [0.1, 0.15) is 11.1 Å². The topological polar surface area (TPSA) is 54.5 Å². The number of benzene rings is 1. The standard InChI is InChI=1S/C17H16F3N3O2/c1-11-2-5-13(6-3-11)22-16(24)23-9-14(10-23)25-15-7-4-12(8-21-15)17(18,19)20/h2-8,14H,9-10H2,1H3,(H,22,24). The van der Waals surface area contributed by atoms with Gasteiger partial charge in [0.2, 0.25) is 5.88 Å². The Morgan fingerprint density at radius 3 is 2.44 bits per heavy atom. The Hall–Kier alpha value is -2.77. The minimum absolute atomic E-state index is 0.108. The summed E-state index contributed by atoms with van der Waals surface area (Å²) in [4.78, 5) is 17.3. The van der Waals surface area contributed by atoms with Crippen LogP contribution in [-0.2, 0) is 6.18 Å². The van der Waals surface area contributed by atoms with Crippen molar-refractivity contribution in [2.24, 2.45) is 0 Å². The molecule has 132 valence electrons. The number of urea groups is 1. The van der Waals surface area contributed by atoms with E-state index in [9.17, 15) is 18.0 Å². The maximum absolute atomic E-state index is 12.5. The van der Waals surface area contributed by atoms with Crippen LogP contribution in [0, 0.1) is 6.92 Å². The van der Waals surface area contributed by atoms with Gasteiger partial charge in [-0.1, -0.05) is 17.7 Å². The molecule has 0 saturated carbocycles. The number of hydrogen-bond donors (Lipinski definition) is 1. The number of nitrogens with zero attached hydrogens (tertiary/aromatic N) is 2. The summed E-state index contributed by atoms with van der Waals surface area (Å²) < 4.78 is 42.9. The van der Waals surface area contributed by atoms with Crippen LogP contribution in [-0.4, -0.2) is 35.1 Å². The Bertz CT molecular complexity index is 739. The highest BCUT2D eigenvalue weighted by Crippen LogP contribution is 2.29. The van der Waals surface area contributed by atoms with Crippen molar-refractivity contribution in [1.82, 2.24) is 9.88 Å². The zero-order valence-corrected chi connectivity index (χ0v) is 13.4. The van der Waals surface area contributed by atoms with Crippen molar-refractivity contribution in [2.45, 2.75) is 19.2 Å². The third kappa shape index (κ3) is 4.20. The average molecular weight is 351 g/mol. The molecule has 8 heteroatoms. The highest BCUT2D eigenvalue weighted by molar-refractivity contribution is 5.89. The van der Waals surface area contributed by atoms with Crippen LogP contribution >= 0.6 is 0 Å². The highest BCUT2D eigenvalue weighted by Gasteiger charge is 2.33. The molecule has 1 aliphatic heterocycles. The molecule has 1 saturated heterocycles. The third-order valence-corrected chi connectivity index (χ3v) is 3.79. The first-order valence-electron chi connectivity index (χ1n) is 7.64. The molecule has 0 aliphatic carbocycles. The van der Waals surface area contributed by atoms with E-state index >= 15 is 0 Å². The first-order chi connectivity index (χ1) is 11.8. The van der Waals surface area contributed by atoms with Gasteiger partial charge in [-0.25, -0.2) is 9.78 Å². The molecule has 2 amide bonds. The lowest BCUT2D eigenvalue weighted by Crippen LogP contribution is -2.57. The van der Waals surface area contributed by atoms with Gasteiger partial charge in [-0.2, -0.15) is 13.2 Å². The molecule has 0 bridgehead atoms. The summed E-state index contributed by atoms with van der Waals surface area (Å²) in [7, 11) is 0. The summed E-state index contributed by atoms with van der Waals surface area (Å²) >= 11 is 0. The molecular weight excluding hydrogens is 335 g/mol. The fourth-order valence-electron chi connectivity index (χ4n) is 2.31. The number of alkyl halides is 3. The SMILES string of the molecule is Cc1ccc(NC(=O)N2CC(Oc3ccc(C(F)(F)F)cn3)C2)cc1. The molecule has 1 aromatic heterocycles. The van der Waals surface area contributed by atoms with Gasteiger partial charge in [-0.05, 0) is 25.1 Å². The van der Waals surface area contributed by atoms with Crippen molar-refractivity contribution in [2.75, 3.05) is 18.4 Å². The molecule has 1 N–H and O–H groups in total. The molecule has 3 rings (SSSR count). The Morgan fingerprint density at radius 2 is 1.88 bits per heavy atom. The van der Waals surface area contributed by atoms with E-state index in [1.165, 1.54) is 6.07 Å². The van der Waals surface area contributed by atoms with Crippen LogP contribution in [0.25, 0.3) is 0 Å². The number of anilines is 1. The van der Waals surface area contributed by atoms with Crippen molar-refractivity contribution in [1.29, 1.82) is 0 Å². The zero-order chi connectivity index (χ0) is 18.0. The number of carbonyl (C=O) groups is 1. The first kappa shape index (κ1) is 17.1. The summed E-state index contributed by atoms with van der Waals surface area (Å²) in [6.07, 6.45) is -3.98. The molecule has 5 nitrogen and oxygen atoms in total. The number of pyridine rings is 1. The Balaban J connectivity index is 1.47. The van der Waals surface area contributed by atoms with Crippen LogP contribution in [0.4, 0.5) is 23.7 Å². The molecule has 2 aromatic rings. The van der Waals surface area contributed by atoms with Gasteiger partial charge >= 0.3 is 12.2 Å². The van der Waals surface area contributed by atoms with E-state index in [1.54, 1.807) is 4.90 Å². The van der Waals surface area contributed by atoms with Gasteiger partial charge in [-0.15, -0.1) is 0 Å². The lowest BCUT2D eigenvalue weighted by atomic mass is 10.2. The first-order valence-corrected chi connectivity index (χ1v) is 7.64. The molecule has 1 fully saturated rings. The quantitative estimate of drug-likeness (QED) is 0.917. The molecule has 25 heavy (non-hydrogen) atoms. The van der Waals surface area contributed by atoms with E-state index in [2.05, 4.69) is 10.3 Å². The van der Waals surface area contributed by atoms with Gasteiger partial charge in [0.15, 0.2) is 0 Å². The second-order valence-corrected chi connectivity index (χ2v) is 5.82. The van der Waals surface area contributed by atoms with Crippen molar-refractivity contribution in [3.05, 3.63) is 53.7 Å². The smallest absolute Gasteiger partial charge is 0.417 e. The predicted molar refractivity (Wildman–Crippen MR) is 85.4 cm³/mol. The van der Waals surface area contributed by atoms with Gasteiger partial charge in [-0.3, -0.25) is 0 Å². The molecule has 0 radical (unpaired) electrons. The number of halogens is 3. The number of carbonyl (C=O) groups excluding carboxylic acids is 1. The number of nitrogens with one attached hydrogen (secondary N) is 1. The van der Waals surface area contributed by atoms with E-state index < -0.39 is 11.7 Å². The molecule has 1 aliphatic rings. The minimum Gasteiger partial charge on any atom is -0.471 e. The van der Waals surface area contributed by atoms with Crippen LogP contribution in [0.15, 0.2) is 42.6 Å². The Kier molecular flexibility index (Phi) is 4.52. The Labute approximate surface area is 142 Å². The third-order valence-electron chi connectivity index (χ3n) is 3.79. The second-order valence-electron chi connectivity index (χ2n) is 5.82. The monoisotopic (exact) mass is 351 g/mol. The molecular formula is C17H16F3N3O2. The molecule has 0 spiro atoms. The summed E-state index contributed by atoms with van der Waals surface area (Å²) in [6.45, 7) is 2.65. The number of aromatic nitrogens is 1. The molecule has 0 atom stereocenters. The van der Waals surface area contributed by atoms with Crippen LogP contribution in [0.3, 0.4) is 0 Å². The van der Waals surface area contributed by atoms with Crippen molar-refractivity contribution in [3.8, 4) is 5.88 Å². The van der Waals surface area contributed by atoms with E-state index in [0.29, 0.717) is 18.8 Å². The number of ether oxygens (including phenoxy) is 1. The van der Waals surface area contributed by atoms with Crippen molar-refractivity contribution in [3.63, 3.8) is 0 Å². The van der Waals surface area contributed by atoms with Gasteiger partial charge in [0.25, 0.3) is 0 Å². The van der Waals surface area contributed by atoms with Crippen molar-refractivity contribution >= 4 is 11.7 Å². The largest absolute Gasteiger partial charge is 0.471 e. The summed E-state index contributed by atoms with van der Waals surface area (Å²) in [6, 6.07) is 9.27. The maximum atomic E-state index is 12.5. The number of hydrogen-bond acceptors (Lipinski definition) is 3. The van der Waals surface area contributed by atoms with Gasteiger partial charge < -0.3 is 15.0 Å². The zero-order valence-electron chi connectivity index (χ0n) is 13.4. The molecule has 0 unspecified atom stereocenters. The summed E-state index contributed by atoms with van der Waals surface area (Å²) in [5.74, 6) is 0.108. The number of likely N-dealkylation sites (tertiary alicyclic amines) is 1. The lowest BCUT2D eigenvalue weighted by Gasteiger charge is -2.38. The van der Waals surface area contributed by atoms with E-state index in [-0.39, 0.29) is 18.0 Å². The van der Waals surface area contributed by atoms with Gasteiger partial charge in [0, 0.05) is 18.0 Å². The highest BCUT2D eigenvalue weighted by atomic mass is 19.4. The van der Waals surface area contributed by atoms with Crippen LogP contribution in [0.5, 0.6) is 5.88 Å². The van der Waals surface area contributed by atoms with E-state index in [4.69, 9.17) is 4.74 Å². The normalized spacial score (nSPS) is 14.8. The fraction of sp³-hybridized carbons (Fsp3) is 0.294. The van der Waals surface area contributed by atoms with Crippen LogP contribution < -0.4 is 10.1 Å². The lowest BCUT2D eigenvalue weighted by molar-refractivity contribution is -0.137. The molecule has 2 heterocycles. The average Bonchev–Trinajstić information content (AvgIpc) is 2.52. The predicted octanol–water partition coefficient (Wildman–Crippen LogP) is 3.70. The maximum Gasteiger partial charge on any atom is 0.417 e. The van der Waals surface area contributed by atoms with E-state index in [0.717, 1.165) is 17.8 Å². The number of rotatable bonds is 3. The van der Waals surface area contributed by atoms with E-state index in [1.807, 2.05) is 31.2 Å². The minimum atomic E-state index is -4.42. The number of aryl methyl sites for hydroxylation is 1. The van der Waals surface area contributed by atoms with Crippen molar-refractivity contribution < 1.29 is 22.7 Å². The Morgan fingerprint density at radius 1 is 1.20 bits per heavy atom. The van der Waals surface area contributed by atoms with Gasteiger partial charge in [0.1, 0.15) is 6.10 Å². The fourth-order valence-corrected chi connectivity index (χ4v) is 2.31. The summed E-state index contributed by atoms with van der Waals surface area (Å²) in [5.41, 5.74) is 0.969. The van der Waals surface area contributed by atoms with Crippen LogP contribution in [0.2, 0.25) is 0 Å². The number of amides is 2.